The molecular formula is C24H23N5O3S2. The molecule has 2 aliphatic heterocycles. The summed E-state index contributed by atoms with van der Waals surface area (Å²) in [6.45, 7) is 3.37. The van der Waals surface area contributed by atoms with Crippen LogP contribution in [0, 0.1) is 0 Å². The van der Waals surface area contributed by atoms with Gasteiger partial charge in [0.05, 0.1) is 18.1 Å². The third-order valence-corrected chi connectivity index (χ3v) is 8.26. The van der Waals surface area contributed by atoms with Crippen LogP contribution in [0.25, 0.3) is 20.9 Å². The molecule has 0 bridgehead atoms. The molecule has 0 unspecified atom stereocenters. The monoisotopic (exact) mass is 493 g/mol. The normalized spacial score (nSPS) is 16.1. The first-order valence-corrected chi connectivity index (χ1v) is 13.0. The van der Waals surface area contributed by atoms with E-state index in [-0.39, 0.29) is 12.5 Å². The molecule has 174 valence electrons. The van der Waals surface area contributed by atoms with Gasteiger partial charge in [0.25, 0.3) is 0 Å². The van der Waals surface area contributed by atoms with Crippen molar-refractivity contribution in [1.29, 1.82) is 0 Å². The molecule has 0 aliphatic carbocycles. The number of amides is 1. The predicted molar refractivity (Wildman–Crippen MR) is 135 cm³/mol. The Labute approximate surface area is 204 Å². The van der Waals surface area contributed by atoms with Gasteiger partial charge in [0, 0.05) is 25.3 Å². The van der Waals surface area contributed by atoms with Gasteiger partial charge in [-0.05, 0) is 35.9 Å². The van der Waals surface area contributed by atoms with Gasteiger partial charge < -0.3 is 14.5 Å². The van der Waals surface area contributed by atoms with Gasteiger partial charge in [-0.3, -0.25) is 9.36 Å². The number of para-hydroxylation sites is 1. The molecule has 34 heavy (non-hydrogen) atoms. The van der Waals surface area contributed by atoms with Crippen molar-refractivity contribution in [2.75, 3.05) is 42.6 Å². The van der Waals surface area contributed by atoms with E-state index in [1.165, 1.54) is 27.2 Å². The van der Waals surface area contributed by atoms with E-state index < -0.39 is 5.69 Å². The molecule has 1 fully saturated rings. The molecule has 0 N–H and O–H groups in total. The molecule has 0 saturated carbocycles. The number of nitrogens with zero attached hydrogens (tertiary/aromatic N) is 5. The second-order valence-electron chi connectivity index (χ2n) is 8.33. The quantitative estimate of drug-likeness (QED) is 0.434. The SMILES string of the molecule is O=C(Cn1c(=O)nc(-c2cccs2)c2nc(N3CCOCC3)sc21)N1CCCc2ccccc21. The smallest absolute Gasteiger partial charge is 0.349 e. The minimum atomic E-state index is -0.424. The van der Waals surface area contributed by atoms with E-state index in [1.54, 1.807) is 4.90 Å². The number of ether oxygens (including phenoxy) is 1. The number of aryl methyl sites for hydroxylation is 1. The van der Waals surface area contributed by atoms with E-state index in [9.17, 15) is 9.59 Å². The third-order valence-electron chi connectivity index (χ3n) is 6.25. The molecule has 1 amide bonds. The number of fused-ring (bicyclic) bond motifs is 2. The van der Waals surface area contributed by atoms with Crippen molar-refractivity contribution in [2.45, 2.75) is 19.4 Å². The Morgan fingerprint density at radius 3 is 2.74 bits per heavy atom. The van der Waals surface area contributed by atoms with Gasteiger partial charge in [-0.2, -0.15) is 4.98 Å². The zero-order chi connectivity index (χ0) is 23.1. The van der Waals surface area contributed by atoms with Crippen LogP contribution in [0.2, 0.25) is 0 Å². The van der Waals surface area contributed by atoms with E-state index >= 15 is 0 Å². The van der Waals surface area contributed by atoms with E-state index in [0.717, 1.165) is 47.2 Å². The number of thiophene rings is 1. The second kappa shape index (κ2) is 8.94. The number of rotatable bonds is 4. The number of aromatic nitrogens is 3. The van der Waals surface area contributed by atoms with Gasteiger partial charge in [-0.1, -0.05) is 35.6 Å². The van der Waals surface area contributed by atoms with Gasteiger partial charge in [-0.15, -0.1) is 11.3 Å². The molecule has 10 heteroatoms. The number of carbonyl (C=O) groups is 1. The van der Waals surface area contributed by atoms with Crippen LogP contribution in [0.15, 0.2) is 46.6 Å². The molecule has 1 aromatic carbocycles. The van der Waals surface area contributed by atoms with Crippen LogP contribution in [-0.2, 0) is 22.5 Å². The fourth-order valence-electron chi connectivity index (χ4n) is 4.56. The van der Waals surface area contributed by atoms with Crippen LogP contribution >= 0.6 is 22.7 Å². The van der Waals surface area contributed by atoms with Crippen LogP contribution in [0.5, 0.6) is 0 Å². The van der Waals surface area contributed by atoms with Crippen molar-refractivity contribution < 1.29 is 9.53 Å². The number of hydrogen-bond donors (Lipinski definition) is 0. The van der Waals surface area contributed by atoms with Crippen molar-refractivity contribution in [3.63, 3.8) is 0 Å². The van der Waals surface area contributed by atoms with Gasteiger partial charge in [-0.25, -0.2) is 9.78 Å². The highest BCUT2D eigenvalue weighted by Crippen LogP contribution is 2.35. The summed E-state index contributed by atoms with van der Waals surface area (Å²) >= 11 is 2.97. The molecule has 1 saturated heterocycles. The lowest BCUT2D eigenvalue weighted by Gasteiger charge is -2.29. The van der Waals surface area contributed by atoms with Crippen LogP contribution in [0.3, 0.4) is 0 Å². The Morgan fingerprint density at radius 1 is 1.06 bits per heavy atom. The summed E-state index contributed by atoms with van der Waals surface area (Å²) in [7, 11) is 0. The fraction of sp³-hybridized carbons (Fsp3) is 0.333. The van der Waals surface area contributed by atoms with E-state index in [1.807, 2.05) is 35.7 Å². The van der Waals surface area contributed by atoms with Gasteiger partial charge in [0.1, 0.15) is 22.6 Å². The summed E-state index contributed by atoms with van der Waals surface area (Å²) in [4.78, 5) is 41.5. The summed E-state index contributed by atoms with van der Waals surface area (Å²) in [5.41, 5.74) is 2.92. The minimum Gasteiger partial charge on any atom is -0.378 e. The van der Waals surface area contributed by atoms with Gasteiger partial charge in [0.15, 0.2) is 5.13 Å². The summed E-state index contributed by atoms with van der Waals surface area (Å²) < 4.78 is 6.98. The van der Waals surface area contributed by atoms with Gasteiger partial charge in [0.2, 0.25) is 5.91 Å². The highest BCUT2D eigenvalue weighted by atomic mass is 32.1. The van der Waals surface area contributed by atoms with E-state index in [0.29, 0.717) is 35.8 Å². The van der Waals surface area contributed by atoms with Crippen LogP contribution < -0.4 is 15.5 Å². The molecule has 6 rings (SSSR count). The fourth-order valence-corrected chi connectivity index (χ4v) is 6.39. The summed E-state index contributed by atoms with van der Waals surface area (Å²) in [6.07, 6.45) is 1.86. The highest BCUT2D eigenvalue weighted by Gasteiger charge is 2.26. The Morgan fingerprint density at radius 2 is 1.91 bits per heavy atom. The van der Waals surface area contributed by atoms with Crippen molar-refractivity contribution in [3.8, 4) is 10.6 Å². The molecule has 8 nitrogen and oxygen atoms in total. The number of hydrogen-bond acceptors (Lipinski definition) is 8. The van der Waals surface area contributed by atoms with Crippen molar-refractivity contribution >= 4 is 49.7 Å². The van der Waals surface area contributed by atoms with Crippen molar-refractivity contribution in [3.05, 3.63) is 57.8 Å². The maximum Gasteiger partial charge on any atom is 0.349 e. The second-order valence-corrected chi connectivity index (χ2v) is 10.2. The minimum absolute atomic E-state index is 0.0634. The highest BCUT2D eigenvalue weighted by molar-refractivity contribution is 7.22. The number of anilines is 2. The first-order valence-electron chi connectivity index (χ1n) is 11.4. The number of carbonyl (C=O) groups excluding carboxylic acids is 1. The average molecular weight is 494 g/mol. The molecule has 4 aromatic rings. The summed E-state index contributed by atoms with van der Waals surface area (Å²) in [6, 6.07) is 11.9. The molecular weight excluding hydrogens is 470 g/mol. The topological polar surface area (TPSA) is 80.6 Å². The average Bonchev–Trinajstić information content (AvgIpc) is 3.57. The Bertz CT molecular complexity index is 1410. The number of thiazole rings is 1. The largest absolute Gasteiger partial charge is 0.378 e. The third kappa shape index (κ3) is 3.81. The first kappa shape index (κ1) is 21.5. The molecule has 0 spiro atoms. The maximum atomic E-state index is 13.4. The zero-order valence-corrected chi connectivity index (χ0v) is 20.1. The first-order chi connectivity index (χ1) is 16.7. The maximum absolute atomic E-state index is 13.4. The molecule has 2 aliphatic rings. The predicted octanol–water partition coefficient (Wildman–Crippen LogP) is 3.40. The van der Waals surface area contributed by atoms with Crippen LogP contribution in [0.1, 0.15) is 12.0 Å². The van der Waals surface area contributed by atoms with E-state index in [2.05, 4.69) is 16.0 Å². The molecule has 3 aromatic heterocycles. The number of benzene rings is 1. The molecule has 0 atom stereocenters. The lowest BCUT2D eigenvalue weighted by atomic mass is 10.0. The summed E-state index contributed by atoms with van der Waals surface area (Å²) in [5.74, 6) is -0.109. The van der Waals surface area contributed by atoms with Crippen molar-refractivity contribution in [2.24, 2.45) is 0 Å². The van der Waals surface area contributed by atoms with Crippen molar-refractivity contribution in [1.82, 2.24) is 14.5 Å². The van der Waals surface area contributed by atoms with Crippen LogP contribution in [-0.4, -0.2) is 53.3 Å². The zero-order valence-electron chi connectivity index (χ0n) is 18.5. The van der Waals surface area contributed by atoms with E-state index in [4.69, 9.17) is 9.72 Å². The van der Waals surface area contributed by atoms with Gasteiger partial charge >= 0.3 is 5.69 Å². The Hall–Kier alpha value is -3.08. The summed E-state index contributed by atoms with van der Waals surface area (Å²) in [5, 5.41) is 2.79. The molecule has 5 heterocycles. The molecule has 0 radical (unpaired) electrons. The Kier molecular flexibility index (Phi) is 5.64. The lowest BCUT2D eigenvalue weighted by molar-refractivity contribution is -0.119. The lowest BCUT2D eigenvalue weighted by Crippen LogP contribution is -2.40. The van der Waals surface area contributed by atoms with Crippen LogP contribution in [0.4, 0.5) is 10.8 Å². The number of morpholine rings is 1. The standard InChI is InChI=1S/C24H23N5O3S2/c30-19(28-9-3-6-16-5-1-2-7-17(16)28)15-29-22-21(20(25-23(29)31)18-8-4-14-33-18)26-24(34-22)27-10-12-32-13-11-27/h1-2,4-5,7-8,14H,3,6,9-13,15H2. The Balaban J connectivity index is 1.43.